The first-order valence-electron chi connectivity index (χ1n) is 12.7. The molecule has 33 heavy (non-hydrogen) atoms. The maximum absolute atomic E-state index is 12.9. The monoisotopic (exact) mass is 580 g/mol. The Hall–Kier alpha value is -0.921. The van der Waals surface area contributed by atoms with Gasteiger partial charge in [0, 0.05) is 0 Å². The fraction of sp³-hybridized carbons (Fsp3) is 0.593. The fourth-order valence-electron chi connectivity index (χ4n) is 4.48. The minimum atomic E-state index is -3.59. The molecule has 0 atom stereocenters. The van der Waals surface area contributed by atoms with Crippen LogP contribution in [-0.2, 0) is 10.0 Å². The molecule has 0 spiro atoms. The predicted molar refractivity (Wildman–Crippen MR) is 144 cm³/mol. The van der Waals surface area contributed by atoms with Gasteiger partial charge in [-0.2, -0.15) is 0 Å². The number of rotatable bonds is 13. The Morgan fingerprint density at radius 2 is 1.39 bits per heavy atom. The van der Waals surface area contributed by atoms with Crippen LogP contribution in [0.25, 0.3) is 11.3 Å². The molecule has 0 bridgehead atoms. The Labute approximate surface area is 206 Å². The predicted octanol–water partition coefficient (Wildman–Crippen LogP) is 6.88. The Balaban J connectivity index is 2.50. The van der Waals surface area contributed by atoms with Gasteiger partial charge >= 0.3 is 208 Å². The molecule has 0 radical (unpaired) electrons. The summed E-state index contributed by atoms with van der Waals surface area (Å²) in [7, 11) is -3.59. The van der Waals surface area contributed by atoms with E-state index in [4.69, 9.17) is 4.98 Å². The first-order chi connectivity index (χ1) is 15.6. The summed E-state index contributed by atoms with van der Waals surface area (Å²) in [5, 5.41) is 0. The molecule has 184 valence electrons. The van der Waals surface area contributed by atoms with Crippen molar-refractivity contribution in [1.82, 2.24) is 9.71 Å². The number of aromatic nitrogens is 1. The molecule has 0 unspecified atom stereocenters. The van der Waals surface area contributed by atoms with Crippen LogP contribution in [0.2, 0.25) is 13.3 Å². The zero-order valence-corrected chi connectivity index (χ0v) is 25.2. The van der Waals surface area contributed by atoms with Crippen molar-refractivity contribution >= 4 is 32.1 Å². The summed E-state index contributed by atoms with van der Waals surface area (Å²) in [6.07, 6.45) is 7.58. The van der Waals surface area contributed by atoms with Gasteiger partial charge in [-0.25, -0.2) is 0 Å². The second-order valence-corrected chi connectivity index (χ2v) is 25.1. The van der Waals surface area contributed by atoms with Crippen LogP contribution < -0.4 is 8.43 Å². The minimum absolute atomic E-state index is 0.292. The molecule has 2 aromatic rings. The molecule has 1 heterocycles. The van der Waals surface area contributed by atoms with E-state index >= 15 is 0 Å². The number of nitrogens with one attached hydrogen (secondary N) is 1. The molecule has 1 N–H and O–H groups in total. The van der Waals surface area contributed by atoms with Crippen molar-refractivity contribution in [2.24, 2.45) is 0 Å². The summed E-state index contributed by atoms with van der Waals surface area (Å²) in [4.78, 5) is 5.54. The van der Waals surface area contributed by atoms with Gasteiger partial charge in [0.25, 0.3) is 0 Å². The zero-order chi connectivity index (χ0) is 24.5. The topological polar surface area (TPSA) is 59.1 Å². The number of benzene rings is 1. The van der Waals surface area contributed by atoms with Crippen molar-refractivity contribution in [1.29, 1.82) is 0 Å². The van der Waals surface area contributed by atoms with Gasteiger partial charge in [-0.3, -0.25) is 0 Å². The average Bonchev–Trinajstić information content (AvgIpc) is 2.77. The fourth-order valence-corrected chi connectivity index (χ4v) is 21.4. The Morgan fingerprint density at radius 1 is 0.848 bits per heavy atom. The Morgan fingerprint density at radius 3 is 1.91 bits per heavy atom. The summed E-state index contributed by atoms with van der Waals surface area (Å²) >= 11 is -2.65. The van der Waals surface area contributed by atoms with Gasteiger partial charge in [-0.1, -0.05) is 0 Å². The molecule has 1 aromatic carbocycles. The average molecular weight is 579 g/mol. The third kappa shape index (κ3) is 8.36. The molecule has 0 fully saturated rings. The van der Waals surface area contributed by atoms with Crippen LogP contribution >= 0.6 is 0 Å². The van der Waals surface area contributed by atoms with Crippen molar-refractivity contribution in [2.75, 3.05) is 0 Å². The first-order valence-corrected chi connectivity index (χ1v) is 21.7. The van der Waals surface area contributed by atoms with Crippen molar-refractivity contribution in [3.8, 4) is 11.3 Å². The molecule has 2 rings (SSSR count). The standard InChI is InChI=1S/C15H17N2O2S.3C4H9.Sn/c1-15(2,3)17-20(18,19)13-8-6-7-12(11-13)14-9-4-5-10-16-14;3*1-3-4-2;/h4-9,11,17H,1-3H3;3*1,3-4H2,2H3;. The molecular weight excluding hydrogens is 535 g/mol. The number of unbranched alkanes of at least 4 members (excludes halogenated alkanes) is 3. The first kappa shape index (κ1) is 28.3. The van der Waals surface area contributed by atoms with Crippen molar-refractivity contribution < 1.29 is 8.42 Å². The van der Waals surface area contributed by atoms with Gasteiger partial charge in [0.05, 0.1) is 0 Å². The van der Waals surface area contributed by atoms with Crippen LogP contribution in [0.5, 0.6) is 0 Å². The van der Waals surface area contributed by atoms with E-state index in [-0.39, 0.29) is 0 Å². The van der Waals surface area contributed by atoms with Gasteiger partial charge in [0.15, 0.2) is 0 Å². The van der Waals surface area contributed by atoms with E-state index in [2.05, 4.69) is 37.6 Å². The van der Waals surface area contributed by atoms with Crippen LogP contribution in [0, 0.1) is 0 Å². The van der Waals surface area contributed by atoms with E-state index in [1.807, 2.05) is 39.0 Å². The normalized spacial score (nSPS) is 12.8. The molecule has 4 nitrogen and oxygen atoms in total. The number of sulfonamides is 1. The van der Waals surface area contributed by atoms with Gasteiger partial charge in [-0.05, 0) is 0 Å². The molecule has 0 aliphatic heterocycles. The van der Waals surface area contributed by atoms with Crippen molar-refractivity contribution in [3.05, 3.63) is 42.5 Å². The zero-order valence-electron chi connectivity index (χ0n) is 21.6. The second kappa shape index (κ2) is 12.7. The maximum atomic E-state index is 12.9. The summed E-state index contributed by atoms with van der Waals surface area (Å²) in [6, 6.07) is 13.7. The van der Waals surface area contributed by atoms with Crippen LogP contribution in [0.1, 0.15) is 80.1 Å². The second-order valence-electron chi connectivity index (χ2n) is 10.4. The molecule has 0 aliphatic rings. The van der Waals surface area contributed by atoms with E-state index in [0.717, 1.165) is 11.3 Å². The summed E-state index contributed by atoms with van der Waals surface area (Å²) in [6.45, 7) is 12.4. The summed E-state index contributed by atoms with van der Waals surface area (Å²) < 4.78 is 34.0. The van der Waals surface area contributed by atoms with E-state index in [9.17, 15) is 8.42 Å². The number of hydrogen-bond donors (Lipinski definition) is 1. The SMILES string of the molecule is CCC[CH2][Sn]([CH2]CCC)([CH2]CCC)[c]1cccc(-c2cccc(S(=O)(=O)NC(C)(C)C)c2)n1. The van der Waals surface area contributed by atoms with Crippen molar-refractivity contribution in [3.63, 3.8) is 0 Å². The van der Waals surface area contributed by atoms with Gasteiger partial charge < -0.3 is 0 Å². The number of nitrogens with zero attached hydrogens (tertiary/aromatic N) is 1. The quantitative estimate of drug-likeness (QED) is 0.263. The molecule has 0 saturated carbocycles. The molecular formula is C27H44N2O2SSn. The van der Waals surface area contributed by atoms with Gasteiger partial charge in [0.1, 0.15) is 0 Å². The van der Waals surface area contributed by atoms with Crippen LogP contribution in [0.15, 0.2) is 47.4 Å². The Bertz CT molecular complexity index is 962. The summed E-state index contributed by atoms with van der Waals surface area (Å²) in [5.41, 5.74) is 1.24. The number of pyridine rings is 1. The molecule has 0 amide bonds. The Kier molecular flexibility index (Phi) is 10.9. The van der Waals surface area contributed by atoms with Gasteiger partial charge in [0.2, 0.25) is 0 Å². The van der Waals surface area contributed by atoms with E-state index in [1.165, 1.54) is 55.5 Å². The molecule has 0 aliphatic carbocycles. The van der Waals surface area contributed by atoms with Crippen LogP contribution in [-0.4, -0.2) is 37.3 Å². The van der Waals surface area contributed by atoms with Crippen LogP contribution in [0.3, 0.4) is 0 Å². The third-order valence-electron chi connectivity index (χ3n) is 6.20. The third-order valence-corrected chi connectivity index (χ3v) is 23.1. The molecule has 0 saturated heterocycles. The molecule has 1 aromatic heterocycles. The van der Waals surface area contributed by atoms with E-state index < -0.39 is 33.9 Å². The van der Waals surface area contributed by atoms with Gasteiger partial charge in [-0.15, -0.1) is 0 Å². The number of hydrogen-bond acceptors (Lipinski definition) is 3. The van der Waals surface area contributed by atoms with E-state index in [0.29, 0.717) is 4.90 Å². The summed E-state index contributed by atoms with van der Waals surface area (Å²) in [5.74, 6) is 0. The van der Waals surface area contributed by atoms with Crippen molar-refractivity contribution in [2.45, 2.75) is 104 Å². The molecule has 6 heteroatoms. The van der Waals surface area contributed by atoms with E-state index in [1.54, 1.807) is 12.1 Å². The van der Waals surface area contributed by atoms with Crippen LogP contribution in [0.4, 0.5) is 0 Å².